The van der Waals surface area contributed by atoms with Crippen molar-refractivity contribution in [3.8, 4) is 5.75 Å². The molecule has 0 saturated heterocycles. The molecule has 0 unspecified atom stereocenters. The van der Waals surface area contributed by atoms with Crippen LogP contribution in [0.4, 0.5) is 15.8 Å². The molecule has 0 heterocycles. The lowest BCUT2D eigenvalue weighted by Gasteiger charge is -2.18. The Kier molecular flexibility index (Phi) is 6.11. The molecule has 0 fully saturated rings. The maximum absolute atomic E-state index is 12.8. The lowest BCUT2D eigenvalue weighted by molar-refractivity contribution is -0.384. The van der Waals surface area contributed by atoms with Gasteiger partial charge in [-0.3, -0.25) is 10.1 Å². The molecule has 10 heteroatoms. The van der Waals surface area contributed by atoms with Gasteiger partial charge in [0.1, 0.15) is 23.9 Å². The van der Waals surface area contributed by atoms with Crippen LogP contribution in [-0.4, -0.2) is 44.9 Å². The number of ether oxygens (including phenoxy) is 1. The van der Waals surface area contributed by atoms with Crippen LogP contribution in [0.1, 0.15) is 0 Å². The van der Waals surface area contributed by atoms with Crippen molar-refractivity contribution in [3.05, 3.63) is 58.4 Å². The maximum atomic E-state index is 12.8. The Bertz CT molecular complexity index is 887. The molecule has 0 aliphatic carbocycles. The lowest BCUT2D eigenvalue weighted by atomic mass is 10.3. The molecule has 0 aromatic heterocycles. The molecule has 0 aliphatic heterocycles. The van der Waals surface area contributed by atoms with E-state index in [-0.39, 0.29) is 29.4 Å². The molecule has 0 aliphatic rings. The van der Waals surface area contributed by atoms with E-state index in [1.54, 1.807) is 0 Å². The van der Waals surface area contributed by atoms with Crippen molar-refractivity contribution in [1.29, 1.82) is 0 Å². The van der Waals surface area contributed by atoms with E-state index in [1.807, 2.05) is 0 Å². The quantitative estimate of drug-likeness (QED) is 0.555. The van der Waals surface area contributed by atoms with Crippen LogP contribution in [0.15, 0.2) is 47.4 Å². The van der Waals surface area contributed by atoms with Crippen LogP contribution in [0.5, 0.6) is 5.75 Å². The molecule has 0 radical (unpaired) electrons. The van der Waals surface area contributed by atoms with Crippen LogP contribution in [0.2, 0.25) is 0 Å². The standard InChI is InChI=1S/C16H18FN3O5S/c1-18-15-8-7-14(11-16(15)20(21)22)26(23,24)19(2)9-10-25-13-5-3-12(17)4-6-13/h3-8,11,18H,9-10H2,1-2H3. The van der Waals surface area contributed by atoms with Gasteiger partial charge in [0.15, 0.2) is 0 Å². The van der Waals surface area contributed by atoms with Gasteiger partial charge in [-0.25, -0.2) is 12.8 Å². The molecule has 2 rings (SSSR count). The topological polar surface area (TPSA) is 102 Å². The predicted molar refractivity (Wildman–Crippen MR) is 94.4 cm³/mol. The summed E-state index contributed by atoms with van der Waals surface area (Å²) in [6.45, 7) is 0.0549. The van der Waals surface area contributed by atoms with Gasteiger partial charge in [0.05, 0.1) is 9.82 Å². The zero-order valence-corrected chi connectivity index (χ0v) is 15.0. The van der Waals surface area contributed by atoms with Gasteiger partial charge in [0.25, 0.3) is 5.69 Å². The van der Waals surface area contributed by atoms with Crippen molar-refractivity contribution >= 4 is 21.4 Å². The average molecular weight is 383 g/mol. The Morgan fingerprint density at radius 3 is 2.46 bits per heavy atom. The summed E-state index contributed by atoms with van der Waals surface area (Å²) in [4.78, 5) is 10.3. The normalized spacial score (nSPS) is 11.4. The van der Waals surface area contributed by atoms with Crippen LogP contribution in [-0.2, 0) is 10.0 Å². The van der Waals surface area contributed by atoms with Crippen molar-refractivity contribution in [2.24, 2.45) is 0 Å². The Morgan fingerprint density at radius 1 is 1.23 bits per heavy atom. The number of halogens is 1. The molecule has 1 N–H and O–H groups in total. The Hall–Kier alpha value is -2.72. The number of nitrogens with zero attached hydrogens (tertiary/aromatic N) is 2. The molecular formula is C16H18FN3O5S. The summed E-state index contributed by atoms with van der Waals surface area (Å²) in [6.07, 6.45) is 0. The van der Waals surface area contributed by atoms with E-state index in [1.165, 1.54) is 50.5 Å². The number of hydrogen-bond donors (Lipinski definition) is 1. The first-order valence-corrected chi connectivity index (χ1v) is 9.00. The summed E-state index contributed by atoms with van der Waals surface area (Å²) in [7, 11) is -1.06. The number of rotatable bonds is 8. The smallest absolute Gasteiger partial charge is 0.293 e. The van der Waals surface area contributed by atoms with Gasteiger partial charge in [-0.05, 0) is 36.4 Å². The number of anilines is 1. The third-order valence-electron chi connectivity index (χ3n) is 3.63. The highest BCUT2D eigenvalue weighted by Crippen LogP contribution is 2.28. The van der Waals surface area contributed by atoms with E-state index in [0.717, 1.165) is 10.4 Å². The molecule has 0 atom stereocenters. The number of nitro benzene ring substituents is 1. The molecule has 140 valence electrons. The second-order valence-electron chi connectivity index (χ2n) is 5.32. The highest BCUT2D eigenvalue weighted by atomic mass is 32.2. The minimum atomic E-state index is -3.92. The van der Waals surface area contributed by atoms with Crippen molar-refractivity contribution in [1.82, 2.24) is 4.31 Å². The summed E-state index contributed by atoms with van der Waals surface area (Å²) in [5, 5.41) is 13.7. The Labute approximate surface area is 150 Å². The summed E-state index contributed by atoms with van der Waals surface area (Å²) >= 11 is 0. The van der Waals surface area contributed by atoms with Gasteiger partial charge < -0.3 is 10.1 Å². The molecule has 0 amide bonds. The summed E-state index contributed by atoms with van der Waals surface area (Å²) < 4.78 is 44.4. The van der Waals surface area contributed by atoms with Gasteiger partial charge in [-0.1, -0.05) is 0 Å². The SMILES string of the molecule is CNc1ccc(S(=O)(=O)N(C)CCOc2ccc(F)cc2)cc1[N+](=O)[O-]. The molecule has 26 heavy (non-hydrogen) atoms. The molecule has 0 spiro atoms. The van der Waals surface area contributed by atoms with Crippen molar-refractivity contribution < 1.29 is 22.5 Å². The van der Waals surface area contributed by atoms with E-state index in [9.17, 15) is 22.9 Å². The number of hydrogen-bond acceptors (Lipinski definition) is 6. The summed E-state index contributed by atoms with van der Waals surface area (Å²) in [5.74, 6) is 0.00913. The number of likely N-dealkylation sites (N-methyl/N-ethyl adjacent to an activating group) is 1. The number of benzene rings is 2. The van der Waals surface area contributed by atoms with Crippen LogP contribution >= 0.6 is 0 Å². The number of sulfonamides is 1. The second kappa shape index (κ2) is 8.11. The van der Waals surface area contributed by atoms with E-state index in [0.29, 0.717) is 5.75 Å². The lowest BCUT2D eigenvalue weighted by Crippen LogP contribution is -2.31. The van der Waals surface area contributed by atoms with E-state index in [2.05, 4.69) is 5.32 Å². The van der Waals surface area contributed by atoms with Gasteiger partial charge in [-0.15, -0.1) is 0 Å². The fraction of sp³-hybridized carbons (Fsp3) is 0.250. The third-order valence-corrected chi connectivity index (χ3v) is 5.48. The van der Waals surface area contributed by atoms with Gasteiger partial charge >= 0.3 is 0 Å². The van der Waals surface area contributed by atoms with Crippen molar-refractivity contribution in [2.45, 2.75) is 4.90 Å². The minimum Gasteiger partial charge on any atom is -0.492 e. The number of nitro groups is 1. The molecule has 0 saturated carbocycles. The summed E-state index contributed by atoms with van der Waals surface area (Å²) in [5.41, 5.74) is -0.110. The van der Waals surface area contributed by atoms with Crippen molar-refractivity contribution in [3.63, 3.8) is 0 Å². The maximum Gasteiger partial charge on any atom is 0.293 e. The molecule has 2 aromatic carbocycles. The number of nitrogens with one attached hydrogen (secondary N) is 1. The first kappa shape index (κ1) is 19.6. The summed E-state index contributed by atoms with van der Waals surface area (Å²) in [6, 6.07) is 8.99. The first-order valence-electron chi connectivity index (χ1n) is 7.56. The van der Waals surface area contributed by atoms with E-state index < -0.39 is 20.8 Å². The van der Waals surface area contributed by atoms with Crippen LogP contribution in [0, 0.1) is 15.9 Å². The Balaban J connectivity index is 2.09. The molecule has 8 nitrogen and oxygen atoms in total. The zero-order valence-electron chi connectivity index (χ0n) is 14.2. The van der Waals surface area contributed by atoms with Gasteiger partial charge in [0, 0.05) is 26.7 Å². The highest BCUT2D eigenvalue weighted by Gasteiger charge is 2.24. The van der Waals surface area contributed by atoms with Crippen LogP contribution < -0.4 is 10.1 Å². The monoisotopic (exact) mass is 383 g/mol. The largest absolute Gasteiger partial charge is 0.492 e. The van der Waals surface area contributed by atoms with Crippen LogP contribution in [0.25, 0.3) is 0 Å². The van der Waals surface area contributed by atoms with Gasteiger partial charge in [-0.2, -0.15) is 4.31 Å². The first-order chi connectivity index (χ1) is 12.3. The zero-order chi connectivity index (χ0) is 19.3. The van der Waals surface area contributed by atoms with Crippen molar-refractivity contribution in [2.75, 3.05) is 32.6 Å². The minimum absolute atomic E-state index is 0.0152. The van der Waals surface area contributed by atoms with E-state index in [4.69, 9.17) is 4.74 Å². The molecular weight excluding hydrogens is 365 g/mol. The average Bonchev–Trinajstić information content (AvgIpc) is 2.62. The fourth-order valence-electron chi connectivity index (χ4n) is 2.16. The Morgan fingerprint density at radius 2 is 1.88 bits per heavy atom. The second-order valence-corrected chi connectivity index (χ2v) is 7.36. The third kappa shape index (κ3) is 4.46. The molecule has 0 bridgehead atoms. The molecule has 2 aromatic rings. The van der Waals surface area contributed by atoms with E-state index >= 15 is 0 Å². The van der Waals surface area contributed by atoms with Gasteiger partial charge in [0.2, 0.25) is 10.0 Å². The fourth-order valence-corrected chi connectivity index (χ4v) is 3.33. The van der Waals surface area contributed by atoms with Crippen LogP contribution in [0.3, 0.4) is 0 Å². The highest BCUT2D eigenvalue weighted by molar-refractivity contribution is 7.89. The predicted octanol–water partition coefficient (Wildman–Crippen LogP) is 2.48.